The molecule has 3 rings (SSSR count). The highest BCUT2D eigenvalue weighted by Crippen LogP contribution is 2.30. The van der Waals surface area contributed by atoms with Gasteiger partial charge in [0.2, 0.25) is 0 Å². The summed E-state index contributed by atoms with van der Waals surface area (Å²) < 4.78 is 5.65. The number of benzene rings is 2. The molecule has 0 aliphatic rings. The standard InChI is InChI=1S/C17H11NO6/c1-9(19)16-13(20)7-6-12-14(21)8-15(24-17(12)16)10-2-4-11(5-3-10)18(22)23/h2-8,20H,1H3. The minimum atomic E-state index is -0.535. The van der Waals surface area contributed by atoms with Crippen LogP contribution in [0.4, 0.5) is 5.69 Å². The summed E-state index contributed by atoms with van der Waals surface area (Å²) in [4.78, 5) is 34.2. The van der Waals surface area contributed by atoms with Crippen LogP contribution in [0.15, 0.2) is 51.7 Å². The molecule has 0 spiro atoms. The predicted octanol–water partition coefficient (Wildman–Crippen LogP) is 3.28. The van der Waals surface area contributed by atoms with Crippen LogP contribution < -0.4 is 5.43 Å². The highest BCUT2D eigenvalue weighted by atomic mass is 16.6. The topological polar surface area (TPSA) is 111 Å². The smallest absolute Gasteiger partial charge is 0.269 e. The first-order chi connectivity index (χ1) is 11.4. The lowest BCUT2D eigenvalue weighted by Gasteiger charge is -2.07. The van der Waals surface area contributed by atoms with Crippen molar-refractivity contribution in [1.29, 1.82) is 0 Å². The Morgan fingerprint density at radius 3 is 2.42 bits per heavy atom. The van der Waals surface area contributed by atoms with Crippen molar-refractivity contribution in [3.8, 4) is 17.1 Å². The Bertz CT molecular complexity index is 1030. The van der Waals surface area contributed by atoms with Crippen LogP contribution in [0.25, 0.3) is 22.3 Å². The molecule has 0 saturated heterocycles. The van der Waals surface area contributed by atoms with Crippen LogP contribution in [0.5, 0.6) is 5.75 Å². The first-order valence-corrected chi connectivity index (χ1v) is 6.94. The minimum absolute atomic E-state index is 0.0108. The lowest BCUT2D eigenvalue weighted by molar-refractivity contribution is -0.384. The van der Waals surface area contributed by atoms with Gasteiger partial charge in [-0.15, -0.1) is 0 Å². The van der Waals surface area contributed by atoms with E-state index in [9.17, 15) is 24.8 Å². The van der Waals surface area contributed by atoms with Crippen LogP contribution in [0.2, 0.25) is 0 Å². The summed E-state index contributed by atoms with van der Waals surface area (Å²) >= 11 is 0. The molecule has 0 fully saturated rings. The van der Waals surface area contributed by atoms with E-state index in [1.54, 1.807) is 0 Å². The Morgan fingerprint density at radius 1 is 1.17 bits per heavy atom. The number of phenols is 1. The molecule has 24 heavy (non-hydrogen) atoms. The number of hydrogen-bond acceptors (Lipinski definition) is 6. The van der Waals surface area contributed by atoms with Crippen LogP contribution >= 0.6 is 0 Å². The fraction of sp³-hybridized carbons (Fsp3) is 0.0588. The SMILES string of the molecule is CC(=O)c1c(O)ccc2c(=O)cc(-c3ccc([N+](=O)[O-])cc3)oc12. The molecule has 2 aromatic carbocycles. The molecule has 0 saturated carbocycles. The van der Waals surface area contributed by atoms with Gasteiger partial charge in [-0.25, -0.2) is 0 Å². The van der Waals surface area contributed by atoms with Crippen LogP contribution in [0.3, 0.4) is 0 Å². The van der Waals surface area contributed by atoms with Crippen molar-refractivity contribution in [3.05, 3.63) is 68.4 Å². The van der Waals surface area contributed by atoms with Gasteiger partial charge in [-0.05, 0) is 31.2 Å². The van der Waals surface area contributed by atoms with Gasteiger partial charge in [-0.3, -0.25) is 19.7 Å². The largest absolute Gasteiger partial charge is 0.507 e. The highest BCUT2D eigenvalue weighted by molar-refractivity contribution is 6.07. The Hall–Kier alpha value is -3.48. The third-order valence-corrected chi connectivity index (χ3v) is 3.59. The lowest BCUT2D eigenvalue weighted by Crippen LogP contribution is -2.04. The molecule has 1 N–H and O–H groups in total. The number of Topliss-reactive ketones (excluding diaryl/α,β-unsaturated/α-hetero) is 1. The fourth-order valence-corrected chi connectivity index (χ4v) is 2.44. The molecule has 1 heterocycles. The number of hydrogen-bond donors (Lipinski definition) is 1. The quantitative estimate of drug-likeness (QED) is 0.449. The molecule has 0 unspecified atom stereocenters. The van der Waals surface area contributed by atoms with E-state index in [1.165, 1.54) is 49.4 Å². The molecule has 3 aromatic rings. The number of carbonyl (C=O) groups excluding carboxylic acids is 1. The van der Waals surface area contributed by atoms with Gasteiger partial charge in [0.05, 0.1) is 10.3 Å². The van der Waals surface area contributed by atoms with Crippen molar-refractivity contribution in [2.24, 2.45) is 0 Å². The van der Waals surface area contributed by atoms with E-state index in [2.05, 4.69) is 0 Å². The van der Waals surface area contributed by atoms with Crippen LogP contribution in [0.1, 0.15) is 17.3 Å². The van der Waals surface area contributed by atoms with E-state index in [4.69, 9.17) is 4.42 Å². The van der Waals surface area contributed by atoms with E-state index in [-0.39, 0.29) is 39.2 Å². The van der Waals surface area contributed by atoms with E-state index in [0.717, 1.165) is 0 Å². The Balaban J connectivity index is 2.27. The molecule has 1 aromatic heterocycles. The van der Waals surface area contributed by atoms with Gasteiger partial charge in [0.25, 0.3) is 5.69 Å². The van der Waals surface area contributed by atoms with Gasteiger partial charge < -0.3 is 9.52 Å². The first kappa shape index (κ1) is 15.4. The maximum absolute atomic E-state index is 12.3. The van der Waals surface area contributed by atoms with Crippen LogP contribution in [-0.2, 0) is 0 Å². The molecule has 120 valence electrons. The molecule has 0 atom stereocenters. The van der Waals surface area contributed by atoms with Gasteiger partial charge >= 0.3 is 0 Å². The molecular weight excluding hydrogens is 314 g/mol. The van der Waals surface area contributed by atoms with Gasteiger partial charge in [0.1, 0.15) is 17.1 Å². The van der Waals surface area contributed by atoms with E-state index < -0.39 is 10.7 Å². The van der Waals surface area contributed by atoms with Crippen LogP contribution in [-0.4, -0.2) is 15.8 Å². The number of nitrogens with zero attached hydrogens (tertiary/aromatic N) is 1. The normalized spacial score (nSPS) is 10.7. The molecule has 0 aliphatic heterocycles. The summed E-state index contributed by atoms with van der Waals surface area (Å²) in [5, 5.41) is 20.7. The average molecular weight is 325 g/mol. The zero-order valence-corrected chi connectivity index (χ0v) is 12.5. The Morgan fingerprint density at radius 2 is 1.83 bits per heavy atom. The average Bonchev–Trinajstić information content (AvgIpc) is 2.54. The summed E-state index contributed by atoms with van der Waals surface area (Å²) in [5.74, 6) is -0.573. The number of nitro groups is 1. The number of aromatic hydroxyl groups is 1. The monoisotopic (exact) mass is 325 g/mol. The number of carbonyl (C=O) groups is 1. The van der Waals surface area contributed by atoms with E-state index >= 15 is 0 Å². The van der Waals surface area contributed by atoms with E-state index in [1.807, 2.05) is 0 Å². The second-order valence-electron chi connectivity index (χ2n) is 5.17. The number of phenolic OH excluding ortho intramolecular Hbond substituents is 1. The molecule has 7 heteroatoms. The number of ketones is 1. The number of nitro benzene ring substituents is 1. The molecule has 0 radical (unpaired) electrons. The van der Waals surface area contributed by atoms with Crippen molar-refractivity contribution >= 4 is 22.4 Å². The number of rotatable bonds is 3. The summed E-state index contributed by atoms with van der Waals surface area (Å²) in [6.45, 7) is 1.26. The highest BCUT2D eigenvalue weighted by Gasteiger charge is 2.17. The third-order valence-electron chi connectivity index (χ3n) is 3.59. The number of non-ortho nitro benzene ring substituents is 1. The summed E-state index contributed by atoms with van der Waals surface area (Å²) in [6.07, 6.45) is 0. The minimum Gasteiger partial charge on any atom is -0.507 e. The van der Waals surface area contributed by atoms with Crippen molar-refractivity contribution in [3.63, 3.8) is 0 Å². The van der Waals surface area contributed by atoms with Crippen molar-refractivity contribution < 1.29 is 19.2 Å². The van der Waals surface area contributed by atoms with Crippen molar-refractivity contribution in [2.45, 2.75) is 6.92 Å². The summed E-state index contributed by atoms with van der Waals surface area (Å²) in [6, 6.07) is 9.34. The molecule has 0 bridgehead atoms. The molecule has 0 amide bonds. The molecule has 7 nitrogen and oxygen atoms in total. The summed E-state index contributed by atoms with van der Waals surface area (Å²) in [5.41, 5.74) is -0.120. The Kier molecular flexibility index (Phi) is 3.61. The lowest BCUT2D eigenvalue weighted by atomic mass is 10.0. The van der Waals surface area contributed by atoms with E-state index in [0.29, 0.717) is 5.56 Å². The fourth-order valence-electron chi connectivity index (χ4n) is 2.44. The molecule has 0 aliphatic carbocycles. The predicted molar refractivity (Wildman–Crippen MR) is 86.2 cm³/mol. The third kappa shape index (κ3) is 2.52. The van der Waals surface area contributed by atoms with Gasteiger partial charge in [-0.1, -0.05) is 0 Å². The molecular formula is C17H11NO6. The maximum atomic E-state index is 12.3. The zero-order chi connectivity index (χ0) is 17.4. The van der Waals surface area contributed by atoms with Gasteiger partial charge in [-0.2, -0.15) is 0 Å². The Labute approximate surface area is 134 Å². The van der Waals surface area contributed by atoms with Crippen molar-refractivity contribution in [2.75, 3.05) is 0 Å². The van der Waals surface area contributed by atoms with Gasteiger partial charge in [0, 0.05) is 23.8 Å². The first-order valence-electron chi connectivity index (χ1n) is 6.94. The number of fused-ring (bicyclic) bond motifs is 1. The van der Waals surface area contributed by atoms with Crippen LogP contribution in [0, 0.1) is 10.1 Å². The second kappa shape index (κ2) is 5.62. The van der Waals surface area contributed by atoms with Gasteiger partial charge in [0.15, 0.2) is 16.8 Å². The zero-order valence-electron chi connectivity index (χ0n) is 12.5. The summed E-state index contributed by atoms with van der Waals surface area (Å²) in [7, 11) is 0. The maximum Gasteiger partial charge on any atom is 0.269 e. The van der Waals surface area contributed by atoms with Crippen molar-refractivity contribution in [1.82, 2.24) is 0 Å². The second-order valence-corrected chi connectivity index (χ2v) is 5.17.